The van der Waals surface area contributed by atoms with Crippen LogP contribution in [0.5, 0.6) is 0 Å². The lowest BCUT2D eigenvalue weighted by molar-refractivity contribution is -0.128. The predicted octanol–water partition coefficient (Wildman–Crippen LogP) is 1.78. The highest BCUT2D eigenvalue weighted by atomic mass is 16.2. The largest absolute Gasteiger partial charge is 0.348 e. The summed E-state index contributed by atoms with van der Waals surface area (Å²) < 4.78 is 1.71. The highest BCUT2D eigenvalue weighted by Gasteiger charge is 2.19. The van der Waals surface area contributed by atoms with E-state index in [4.69, 9.17) is 0 Å². The smallest absolute Gasteiger partial charge is 0.253 e. The van der Waals surface area contributed by atoms with Crippen LogP contribution in [0.2, 0.25) is 0 Å². The van der Waals surface area contributed by atoms with Crippen molar-refractivity contribution >= 4 is 17.5 Å². The zero-order valence-electron chi connectivity index (χ0n) is 14.3. The molecule has 1 aromatic carbocycles. The average Bonchev–Trinajstić information content (AvgIpc) is 3.28. The van der Waals surface area contributed by atoms with E-state index in [9.17, 15) is 9.59 Å². The summed E-state index contributed by atoms with van der Waals surface area (Å²) in [7, 11) is 0. The SMILES string of the molecule is O=C(NCc1cccc(CN2CCCC2=O)c1)c1ccc2nncn2c1. The Hall–Kier alpha value is -3.22. The van der Waals surface area contributed by atoms with Crippen molar-refractivity contribution in [2.45, 2.75) is 25.9 Å². The predicted molar refractivity (Wildman–Crippen MR) is 95.3 cm³/mol. The number of amides is 2. The molecule has 3 heterocycles. The molecule has 4 rings (SSSR count). The number of fused-ring (bicyclic) bond motifs is 1. The van der Waals surface area contributed by atoms with E-state index in [0.29, 0.717) is 30.7 Å². The summed E-state index contributed by atoms with van der Waals surface area (Å²) >= 11 is 0. The summed E-state index contributed by atoms with van der Waals surface area (Å²) in [5, 5.41) is 10.7. The minimum atomic E-state index is -0.152. The molecule has 0 saturated carbocycles. The van der Waals surface area contributed by atoms with Gasteiger partial charge in [0.25, 0.3) is 5.91 Å². The van der Waals surface area contributed by atoms with E-state index in [1.54, 1.807) is 29.1 Å². The number of hydrogen-bond donors (Lipinski definition) is 1. The molecule has 1 N–H and O–H groups in total. The number of carbonyl (C=O) groups is 2. The van der Waals surface area contributed by atoms with Gasteiger partial charge >= 0.3 is 0 Å². The number of aromatic nitrogens is 3. The van der Waals surface area contributed by atoms with Crippen LogP contribution in [-0.4, -0.2) is 37.9 Å². The average molecular weight is 349 g/mol. The highest BCUT2D eigenvalue weighted by molar-refractivity contribution is 5.94. The zero-order valence-corrected chi connectivity index (χ0v) is 14.3. The van der Waals surface area contributed by atoms with Gasteiger partial charge in [-0.3, -0.25) is 14.0 Å². The highest BCUT2D eigenvalue weighted by Crippen LogP contribution is 2.15. The second kappa shape index (κ2) is 6.95. The molecule has 0 spiro atoms. The Kier molecular flexibility index (Phi) is 4.35. The molecule has 0 radical (unpaired) electrons. The Morgan fingerprint density at radius 2 is 2.08 bits per heavy atom. The molecule has 1 aliphatic rings. The van der Waals surface area contributed by atoms with Crippen LogP contribution in [0.3, 0.4) is 0 Å². The van der Waals surface area contributed by atoms with Crippen LogP contribution < -0.4 is 5.32 Å². The van der Waals surface area contributed by atoms with Crippen molar-refractivity contribution in [1.82, 2.24) is 24.8 Å². The molecule has 7 nitrogen and oxygen atoms in total. The second-order valence-corrected chi connectivity index (χ2v) is 6.44. The molecular formula is C19H19N5O2. The van der Waals surface area contributed by atoms with Crippen LogP contribution in [-0.2, 0) is 17.9 Å². The third-order valence-electron chi connectivity index (χ3n) is 4.54. The van der Waals surface area contributed by atoms with Gasteiger partial charge in [-0.15, -0.1) is 10.2 Å². The first-order valence-electron chi connectivity index (χ1n) is 8.62. The van der Waals surface area contributed by atoms with Crippen LogP contribution in [0.15, 0.2) is 48.9 Å². The molecule has 7 heteroatoms. The first kappa shape index (κ1) is 16.3. The quantitative estimate of drug-likeness (QED) is 0.761. The first-order valence-corrected chi connectivity index (χ1v) is 8.62. The van der Waals surface area contributed by atoms with Crippen molar-refractivity contribution in [2.24, 2.45) is 0 Å². The van der Waals surface area contributed by atoms with Crippen LogP contribution in [0.25, 0.3) is 5.65 Å². The summed E-state index contributed by atoms with van der Waals surface area (Å²) in [6, 6.07) is 11.5. The molecular weight excluding hydrogens is 330 g/mol. The lowest BCUT2D eigenvalue weighted by Gasteiger charge is -2.16. The Balaban J connectivity index is 1.40. The van der Waals surface area contributed by atoms with E-state index >= 15 is 0 Å². The van der Waals surface area contributed by atoms with Gasteiger partial charge in [0.15, 0.2) is 5.65 Å². The molecule has 132 valence electrons. The molecule has 2 aromatic heterocycles. The van der Waals surface area contributed by atoms with Crippen LogP contribution in [0, 0.1) is 0 Å². The number of likely N-dealkylation sites (tertiary alicyclic amines) is 1. The van der Waals surface area contributed by atoms with E-state index in [-0.39, 0.29) is 11.8 Å². The molecule has 1 aliphatic heterocycles. The van der Waals surface area contributed by atoms with Crippen LogP contribution >= 0.6 is 0 Å². The molecule has 1 saturated heterocycles. The molecule has 2 amide bonds. The fraction of sp³-hybridized carbons (Fsp3) is 0.263. The lowest BCUT2D eigenvalue weighted by Crippen LogP contribution is -2.24. The summed E-state index contributed by atoms with van der Waals surface area (Å²) in [5.74, 6) is 0.0637. The topological polar surface area (TPSA) is 79.6 Å². The van der Waals surface area contributed by atoms with Crippen molar-refractivity contribution in [3.8, 4) is 0 Å². The van der Waals surface area contributed by atoms with E-state index in [1.807, 2.05) is 29.2 Å². The molecule has 3 aromatic rings. The van der Waals surface area contributed by atoms with Crippen molar-refractivity contribution in [1.29, 1.82) is 0 Å². The molecule has 0 aliphatic carbocycles. The number of nitrogens with one attached hydrogen (secondary N) is 1. The lowest BCUT2D eigenvalue weighted by atomic mass is 10.1. The second-order valence-electron chi connectivity index (χ2n) is 6.44. The van der Waals surface area contributed by atoms with Gasteiger partial charge in [-0.25, -0.2) is 0 Å². The third kappa shape index (κ3) is 3.42. The third-order valence-corrected chi connectivity index (χ3v) is 4.54. The van der Waals surface area contributed by atoms with Gasteiger partial charge < -0.3 is 10.2 Å². The maximum atomic E-state index is 12.4. The van der Waals surface area contributed by atoms with E-state index in [2.05, 4.69) is 15.5 Å². The van der Waals surface area contributed by atoms with Crippen molar-refractivity contribution in [2.75, 3.05) is 6.54 Å². The fourth-order valence-corrected chi connectivity index (χ4v) is 3.18. The number of nitrogens with zero attached hydrogens (tertiary/aromatic N) is 4. The van der Waals surface area contributed by atoms with Gasteiger partial charge in [0.1, 0.15) is 6.33 Å². The molecule has 1 fully saturated rings. The van der Waals surface area contributed by atoms with Gasteiger partial charge in [-0.1, -0.05) is 24.3 Å². The first-order chi connectivity index (χ1) is 12.7. The van der Waals surface area contributed by atoms with Crippen molar-refractivity contribution < 1.29 is 9.59 Å². The summed E-state index contributed by atoms with van der Waals surface area (Å²) in [4.78, 5) is 26.0. The van der Waals surface area contributed by atoms with Crippen molar-refractivity contribution in [3.63, 3.8) is 0 Å². The maximum Gasteiger partial charge on any atom is 0.253 e. The van der Waals surface area contributed by atoms with E-state index in [0.717, 1.165) is 24.1 Å². The summed E-state index contributed by atoms with van der Waals surface area (Å²) in [6.45, 7) is 1.89. The van der Waals surface area contributed by atoms with Crippen LogP contribution in [0.1, 0.15) is 34.3 Å². The molecule has 26 heavy (non-hydrogen) atoms. The van der Waals surface area contributed by atoms with E-state index in [1.165, 1.54) is 0 Å². The minimum absolute atomic E-state index is 0.152. The van der Waals surface area contributed by atoms with Gasteiger partial charge in [0.2, 0.25) is 5.91 Å². The normalized spacial score (nSPS) is 14.2. The number of carbonyl (C=O) groups excluding carboxylic acids is 2. The van der Waals surface area contributed by atoms with E-state index < -0.39 is 0 Å². The summed E-state index contributed by atoms with van der Waals surface area (Å²) in [6.07, 6.45) is 4.85. The number of rotatable bonds is 5. The minimum Gasteiger partial charge on any atom is -0.348 e. The van der Waals surface area contributed by atoms with Gasteiger partial charge in [-0.05, 0) is 29.7 Å². The fourth-order valence-electron chi connectivity index (χ4n) is 3.18. The van der Waals surface area contributed by atoms with Crippen LogP contribution in [0.4, 0.5) is 0 Å². The number of benzene rings is 1. The van der Waals surface area contributed by atoms with Gasteiger partial charge in [0, 0.05) is 32.3 Å². The Morgan fingerprint density at radius 3 is 2.92 bits per heavy atom. The zero-order chi connectivity index (χ0) is 17.9. The Labute approximate surface area is 150 Å². The van der Waals surface area contributed by atoms with Gasteiger partial charge in [0.05, 0.1) is 5.56 Å². The summed E-state index contributed by atoms with van der Waals surface area (Å²) in [5.41, 5.74) is 3.34. The van der Waals surface area contributed by atoms with Crippen molar-refractivity contribution in [3.05, 3.63) is 65.6 Å². The Bertz CT molecular complexity index is 965. The molecule has 0 unspecified atom stereocenters. The monoisotopic (exact) mass is 349 g/mol. The number of hydrogen-bond acceptors (Lipinski definition) is 4. The number of pyridine rings is 1. The standard InChI is InChI=1S/C19H19N5O2/c25-18-5-2-8-23(18)11-15-4-1-3-14(9-15)10-20-19(26)16-6-7-17-22-21-13-24(17)12-16/h1,3-4,6-7,9,12-13H,2,5,8,10-11H2,(H,20,26). The van der Waals surface area contributed by atoms with Gasteiger partial charge in [-0.2, -0.15) is 0 Å². The maximum absolute atomic E-state index is 12.4. The molecule has 0 atom stereocenters. The molecule has 0 bridgehead atoms. The Morgan fingerprint density at radius 1 is 1.19 bits per heavy atom.